The molecule has 10 heteroatoms. The van der Waals surface area contributed by atoms with Gasteiger partial charge >= 0.3 is 0 Å². The Labute approximate surface area is 197 Å². The Morgan fingerprint density at radius 2 is 2.03 bits per heavy atom. The number of carbonyl (C=O) groups excluding carboxylic acids is 1. The molecule has 0 spiro atoms. The first-order chi connectivity index (χ1) is 15.8. The number of aliphatic hydroxyl groups is 2. The summed E-state index contributed by atoms with van der Waals surface area (Å²) in [5.41, 5.74) is 1.09. The van der Waals surface area contributed by atoms with Gasteiger partial charge in [0, 0.05) is 36.2 Å². The number of benzene rings is 1. The average Bonchev–Trinajstić information content (AvgIpc) is 2.79. The zero-order chi connectivity index (χ0) is 24.1. The summed E-state index contributed by atoms with van der Waals surface area (Å²) in [6.07, 6.45) is 3.59. The second kappa shape index (κ2) is 10.9. The van der Waals surface area contributed by atoms with E-state index in [9.17, 15) is 23.5 Å². The van der Waals surface area contributed by atoms with Crippen molar-refractivity contribution in [2.45, 2.75) is 32.6 Å². The third-order valence-electron chi connectivity index (χ3n) is 5.28. The lowest BCUT2D eigenvalue weighted by molar-refractivity contribution is -0.117. The Balaban J connectivity index is 1.90. The lowest BCUT2D eigenvalue weighted by atomic mass is 9.93. The minimum absolute atomic E-state index is 0.0656. The maximum absolute atomic E-state index is 13.9. The molecule has 2 aromatic rings. The SMILES string of the molecule is CC1=CC=C(C(=O)NCCO)CC1n1c(CO)cc(OCc2ccc(F)cc2F)c(Br)c1=O. The molecule has 1 aliphatic rings. The standard InChI is InChI=1S/C23H23BrF2N2O5/c1-13-2-3-14(22(31)27-6-7-29)8-19(13)28-17(11-30)10-20(21(24)23(28)32)33-12-15-4-5-16(25)9-18(15)26/h2-5,9-10,19,29-30H,6-8,11-12H2,1H3,(H,27,31). The van der Waals surface area contributed by atoms with E-state index in [0.29, 0.717) is 5.57 Å². The van der Waals surface area contributed by atoms with E-state index < -0.39 is 29.8 Å². The number of allylic oxidation sites excluding steroid dienone is 3. The van der Waals surface area contributed by atoms with Gasteiger partial charge in [0.25, 0.3) is 5.56 Å². The topological polar surface area (TPSA) is 101 Å². The van der Waals surface area contributed by atoms with E-state index in [-0.39, 0.29) is 53.6 Å². The number of aromatic nitrogens is 1. The molecular weight excluding hydrogens is 502 g/mol. The number of nitrogens with one attached hydrogen (secondary N) is 1. The molecule has 1 amide bonds. The molecule has 0 fully saturated rings. The van der Waals surface area contributed by atoms with Crippen LogP contribution in [0.15, 0.2) is 56.8 Å². The highest BCUT2D eigenvalue weighted by Crippen LogP contribution is 2.33. The summed E-state index contributed by atoms with van der Waals surface area (Å²) in [6.45, 7) is 0.995. The van der Waals surface area contributed by atoms with Gasteiger partial charge in [-0.1, -0.05) is 17.7 Å². The lowest BCUT2D eigenvalue weighted by Gasteiger charge is -2.27. The van der Waals surface area contributed by atoms with E-state index in [1.165, 1.54) is 16.7 Å². The van der Waals surface area contributed by atoms with E-state index in [0.717, 1.165) is 17.7 Å². The van der Waals surface area contributed by atoms with Gasteiger partial charge in [-0.25, -0.2) is 8.78 Å². The average molecular weight is 525 g/mol. The Morgan fingerprint density at radius 3 is 2.70 bits per heavy atom. The van der Waals surface area contributed by atoms with Gasteiger partial charge in [-0.3, -0.25) is 9.59 Å². The van der Waals surface area contributed by atoms with Crippen molar-refractivity contribution in [1.82, 2.24) is 9.88 Å². The zero-order valence-corrected chi connectivity index (χ0v) is 19.4. The number of aliphatic hydroxyl groups excluding tert-OH is 2. The molecule has 1 aromatic carbocycles. The first kappa shape index (κ1) is 24.8. The first-order valence-corrected chi connectivity index (χ1v) is 10.9. The number of carbonyl (C=O) groups is 1. The summed E-state index contributed by atoms with van der Waals surface area (Å²) in [7, 11) is 0. The van der Waals surface area contributed by atoms with Gasteiger partial charge < -0.3 is 24.8 Å². The number of amides is 1. The number of hydrogen-bond acceptors (Lipinski definition) is 5. The Hall–Kier alpha value is -2.82. The van der Waals surface area contributed by atoms with Crippen molar-refractivity contribution in [3.05, 3.63) is 85.3 Å². The number of hydrogen-bond donors (Lipinski definition) is 3. The number of ether oxygens (including phenoxy) is 1. The van der Waals surface area contributed by atoms with Crippen molar-refractivity contribution >= 4 is 21.8 Å². The fourth-order valence-electron chi connectivity index (χ4n) is 3.52. The highest BCUT2D eigenvalue weighted by atomic mass is 79.9. The number of nitrogens with zero attached hydrogens (tertiary/aromatic N) is 1. The van der Waals surface area contributed by atoms with Crippen molar-refractivity contribution in [3.8, 4) is 5.75 Å². The van der Waals surface area contributed by atoms with Gasteiger partial charge in [0.05, 0.1) is 24.9 Å². The van der Waals surface area contributed by atoms with Crippen LogP contribution in [-0.2, 0) is 18.0 Å². The zero-order valence-electron chi connectivity index (χ0n) is 17.8. The van der Waals surface area contributed by atoms with Gasteiger partial charge in [0.1, 0.15) is 28.5 Å². The molecular formula is C23H23BrF2N2O5. The molecule has 1 aliphatic carbocycles. The summed E-state index contributed by atoms with van der Waals surface area (Å²) in [4.78, 5) is 25.5. The highest BCUT2D eigenvalue weighted by molar-refractivity contribution is 9.10. The molecule has 1 heterocycles. The summed E-state index contributed by atoms with van der Waals surface area (Å²) < 4.78 is 34.1. The molecule has 1 atom stereocenters. The van der Waals surface area contributed by atoms with Gasteiger partial charge in [-0.05, 0) is 35.0 Å². The first-order valence-electron chi connectivity index (χ1n) is 10.1. The molecule has 0 aliphatic heterocycles. The maximum Gasteiger partial charge on any atom is 0.269 e. The van der Waals surface area contributed by atoms with Crippen LogP contribution in [0.1, 0.15) is 30.6 Å². The van der Waals surface area contributed by atoms with E-state index in [4.69, 9.17) is 9.84 Å². The van der Waals surface area contributed by atoms with E-state index in [1.54, 1.807) is 12.2 Å². The summed E-state index contributed by atoms with van der Waals surface area (Å²) in [6, 6.07) is 4.03. The van der Waals surface area contributed by atoms with E-state index in [1.807, 2.05) is 6.92 Å². The van der Waals surface area contributed by atoms with Crippen LogP contribution in [0.2, 0.25) is 0 Å². The van der Waals surface area contributed by atoms with Crippen molar-refractivity contribution in [3.63, 3.8) is 0 Å². The Bertz CT molecular complexity index is 1180. The van der Waals surface area contributed by atoms with Crippen LogP contribution >= 0.6 is 15.9 Å². The fourth-order valence-corrected chi connectivity index (χ4v) is 3.94. The van der Waals surface area contributed by atoms with Gasteiger partial charge in [0.15, 0.2) is 0 Å². The highest BCUT2D eigenvalue weighted by Gasteiger charge is 2.26. The number of halogens is 3. The molecule has 0 saturated heterocycles. The second-order valence-corrected chi connectivity index (χ2v) is 8.27. The van der Waals surface area contributed by atoms with E-state index >= 15 is 0 Å². The number of pyridine rings is 1. The summed E-state index contributed by atoms with van der Waals surface area (Å²) in [5.74, 6) is -1.74. The molecule has 1 unspecified atom stereocenters. The molecule has 0 radical (unpaired) electrons. The fraction of sp³-hybridized carbons (Fsp3) is 0.304. The van der Waals surface area contributed by atoms with Crippen LogP contribution in [0.25, 0.3) is 0 Å². The van der Waals surface area contributed by atoms with Crippen molar-refractivity contribution in [1.29, 1.82) is 0 Å². The predicted octanol–water partition coefficient (Wildman–Crippen LogP) is 2.89. The minimum atomic E-state index is -0.774. The Morgan fingerprint density at radius 1 is 1.27 bits per heavy atom. The van der Waals surface area contributed by atoms with Gasteiger partial charge in [-0.2, -0.15) is 0 Å². The van der Waals surface area contributed by atoms with Crippen LogP contribution in [0.4, 0.5) is 8.78 Å². The second-order valence-electron chi connectivity index (χ2n) is 7.47. The lowest BCUT2D eigenvalue weighted by Crippen LogP contribution is -2.34. The predicted molar refractivity (Wildman–Crippen MR) is 121 cm³/mol. The molecule has 0 bridgehead atoms. The van der Waals surface area contributed by atoms with Crippen LogP contribution in [0.5, 0.6) is 5.75 Å². The molecule has 3 N–H and O–H groups in total. The van der Waals surface area contributed by atoms with Gasteiger partial charge in [0.2, 0.25) is 5.91 Å². The van der Waals surface area contributed by atoms with Crippen molar-refractivity contribution in [2.24, 2.45) is 0 Å². The normalized spacial score (nSPS) is 15.6. The van der Waals surface area contributed by atoms with E-state index in [2.05, 4.69) is 21.2 Å². The van der Waals surface area contributed by atoms with Crippen LogP contribution in [0.3, 0.4) is 0 Å². The van der Waals surface area contributed by atoms with Crippen molar-refractivity contribution in [2.75, 3.05) is 13.2 Å². The van der Waals surface area contributed by atoms with Gasteiger partial charge in [-0.15, -0.1) is 0 Å². The molecule has 176 valence electrons. The largest absolute Gasteiger partial charge is 0.487 e. The molecule has 1 aromatic heterocycles. The third-order valence-corrected chi connectivity index (χ3v) is 6.01. The smallest absolute Gasteiger partial charge is 0.269 e. The molecule has 0 saturated carbocycles. The maximum atomic E-state index is 13.9. The molecule has 7 nitrogen and oxygen atoms in total. The van der Waals surface area contributed by atoms with Crippen molar-refractivity contribution < 1.29 is 28.5 Å². The van der Waals surface area contributed by atoms with Crippen LogP contribution < -0.4 is 15.6 Å². The Kier molecular flexibility index (Phi) is 8.17. The molecule has 33 heavy (non-hydrogen) atoms. The third kappa shape index (κ3) is 5.58. The summed E-state index contributed by atoms with van der Waals surface area (Å²) >= 11 is 3.23. The van der Waals surface area contributed by atoms with Crippen LogP contribution in [0, 0.1) is 11.6 Å². The monoisotopic (exact) mass is 524 g/mol. The number of rotatable bonds is 8. The minimum Gasteiger partial charge on any atom is -0.487 e. The molecule has 3 rings (SSSR count). The van der Waals surface area contributed by atoms with Crippen LogP contribution in [-0.4, -0.2) is 33.8 Å². The quantitative estimate of drug-likeness (QED) is 0.493. The summed E-state index contributed by atoms with van der Waals surface area (Å²) in [5, 5.41) is 21.5.